The third-order valence-electron chi connectivity index (χ3n) is 4.54. The molecule has 1 aliphatic heterocycles. The molecule has 0 bridgehead atoms. The number of likely N-dealkylation sites (tertiary alicyclic amines) is 1. The van der Waals surface area contributed by atoms with E-state index in [1.807, 2.05) is 13.8 Å². The van der Waals surface area contributed by atoms with E-state index in [2.05, 4.69) is 46.2 Å². The van der Waals surface area contributed by atoms with Gasteiger partial charge in [0.25, 0.3) is 0 Å². The lowest BCUT2D eigenvalue weighted by Crippen LogP contribution is -2.62. The maximum atomic E-state index is 6.38. The van der Waals surface area contributed by atoms with Gasteiger partial charge in [-0.15, -0.1) is 0 Å². The van der Waals surface area contributed by atoms with E-state index in [1.54, 1.807) is 5.70 Å². The summed E-state index contributed by atoms with van der Waals surface area (Å²) < 4.78 is 18.1. The molecular formula is C16H33NO3Si. The molecule has 1 fully saturated rings. The highest BCUT2D eigenvalue weighted by atomic mass is 28.4. The molecule has 0 spiro atoms. The van der Waals surface area contributed by atoms with Gasteiger partial charge >= 0.3 is 8.80 Å². The first kappa shape index (κ1) is 18.8. The molecule has 0 saturated carbocycles. The summed E-state index contributed by atoms with van der Waals surface area (Å²) in [5.41, 5.74) is 1.94. The zero-order valence-corrected chi connectivity index (χ0v) is 15.9. The molecule has 0 unspecified atom stereocenters. The molecule has 0 aromatic rings. The molecule has 5 heteroatoms. The SMILES string of the molecule is C=C[Si](OCC)(OCC)OC1CC(C)(C)N(C)C(C)(C)C1. The molecule has 1 saturated heterocycles. The zero-order chi connectivity index (χ0) is 16.3. The fraction of sp³-hybridized carbons (Fsp3) is 0.875. The zero-order valence-electron chi connectivity index (χ0n) is 14.9. The van der Waals surface area contributed by atoms with E-state index >= 15 is 0 Å². The van der Waals surface area contributed by atoms with Crippen molar-refractivity contribution < 1.29 is 13.3 Å². The van der Waals surface area contributed by atoms with E-state index in [-0.39, 0.29) is 17.2 Å². The van der Waals surface area contributed by atoms with Gasteiger partial charge in [0.15, 0.2) is 0 Å². The van der Waals surface area contributed by atoms with Gasteiger partial charge in [0, 0.05) is 24.3 Å². The lowest BCUT2D eigenvalue weighted by molar-refractivity contribution is -0.0766. The van der Waals surface area contributed by atoms with Gasteiger partial charge in [-0.25, -0.2) is 0 Å². The van der Waals surface area contributed by atoms with Gasteiger partial charge in [-0.05, 0) is 67.1 Å². The average molecular weight is 316 g/mol. The molecule has 4 nitrogen and oxygen atoms in total. The summed E-state index contributed by atoms with van der Waals surface area (Å²) in [5, 5.41) is 0. The summed E-state index contributed by atoms with van der Waals surface area (Å²) in [6.45, 7) is 18.1. The number of hydrogen-bond acceptors (Lipinski definition) is 4. The lowest BCUT2D eigenvalue weighted by atomic mass is 9.79. The molecule has 0 radical (unpaired) electrons. The Morgan fingerprint density at radius 1 is 1.10 bits per heavy atom. The Balaban J connectivity index is 2.91. The van der Waals surface area contributed by atoms with Gasteiger partial charge in [-0.2, -0.15) is 0 Å². The summed E-state index contributed by atoms with van der Waals surface area (Å²) in [6, 6.07) is 0. The summed E-state index contributed by atoms with van der Waals surface area (Å²) in [6.07, 6.45) is 2.07. The van der Waals surface area contributed by atoms with E-state index < -0.39 is 8.80 Å². The van der Waals surface area contributed by atoms with Gasteiger partial charge in [-0.3, -0.25) is 4.90 Å². The van der Waals surface area contributed by atoms with E-state index in [0.717, 1.165) is 12.8 Å². The highest BCUT2D eigenvalue weighted by molar-refractivity contribution is 6.66. The molecular weight excluding hydrogens is 282 g/mol. The first-order valence-electron chi connectivity index (χ1n) is 7.95. The molecule has 0 aliphatic carbocycles. The van der Waals surface area contributed by atoms with Crippen molar-refractivity contribution in [1.29, 1.82) is 0 Å². The fourth-order valence-corrected chi connectivity index (χ4v) is 5.26. The topological polar surface area (TPSA) is 30.9 Å². The second-order valence-corrected chi connectivity index (χ2v) is 9.43. The average Bonchev–Trinajstić information content (AvgIpc) is 2.35. The Kier molecular flexibility index (Phi) is 6.21. The van der Waals surface area contributed by atoms with Crippen LogP contribution in [0.25, 0.3) is 0 Å². The van der Waals surface area contributed by atoms with Crippen LogP contribution in [-0.2, 0) is 13.3 Å². The molecule has 1 rings (SSSR count). The van der Waals surface area contributed by atoms with E-state index in [4.69, 9.17) is 13.3 Å². The smallest absolute Gasteiger partial charge is 0.371 e. The second-order valence-electron chi connectivity index (χ2n) is 7.01. The van der Waals surface area contributed by atoms with E-state index in [0.29, 0.717) is 13.2 Å². The minimum absolute atomic E-state index is 0.0894. The Bertz CT molecular complexity index is 333. The van der Waals surface area contributed by atoms with Crippen LogP contribution in [0.3, 0.4) is 0 Å². The van der Waals surface area contributed by atoms with Crippen molar-refractivity contribution in [1.82, 2.24) is 4.90 Å². The Morgan fingerprint density at radius 3 is 1.86 bits per heavy atom. The summed E-state index contributed by atoms with van der Waals surface area (Å²) >= 11 is 0. The van der Waals surface area contributed by atoms with Crippen LogP contribution in [0.5, 0.6) is 0 Å². The first-order chi connectivity index (χ1) is 9.62. The first-order valence-corrected chi connectivity index (χ1v) is 9.76. The fourth-order valence-electron chi connectivity index (χ4n) is 3.27. The van der Waals surface area contributed by atoms with Crippen molar-refractivity contribution in [2.75, 3.05) is 20.3 Å². The van der Waals surface area contributed by atoms with Crippen LogP contribution in [-0.4, -0.2) is 51.1 Å². The number of hydrogen-bond donors (Lipinski definition) is 0. The third-order valence-corrected chi connectivity index (χ3v) is 7.09. The van der Waals surface area contributed by atoms with Gasteiger partial charge in [0.2, 0.25) is 0 Å². The third kappa shape index (κ3) is 4.39. The predicted octanol–water partition coefficient (Wildman–Crippen LogP) is 3.39. The number of nitrogens with zero attached hydrogens (tertiary/aromatic N) is 1. The van der Waals surface area contributed by atoms with Crippen LogP contribution in [0.2, 0.25) is 0 Å². The van der Waals surface area contributed by atoms with Crippen molar-refractivity contribution in [3.63, 3.8) is 0 Å². The predicted molar refractivity (Wildman–Crippen MR) is 89.2 cm³/mol. The highest BCUT2D eigenvalue weighted by Crippen LogP contribution is 2.39. The molecule has 0 amide bonds. The molecule has 0 aromatic carbocycles. The van der Waals surface area contributed by atoms with Crippen LogP contribution in [0.15, 0.2) is 12.3 Å². The minimum atomic E-state index is -2.76. The monoisotopic (exact) mass is 315 g/mol. The Morgan fingerprint density at radius 2 is 1.52 bits per heavy atom. The maximum Gasteiger partial charge on any atom is 0.529 e. The quantitative estimate of drug-likeness (QED) is 0.674. The van der Waals surface area contributed by atoms with Crippen LogP contribution >= 0.6 is 0 Å². The van der Waals surface area contributed by atoms with Crippen molar-refractivity contribution in [2.24, 2.45) is 0 Å². The number of piperidine rings is 1. The Hall–Kier alpha value is -0.203. The van der Waals surface area contributed by atoms with Crippen LogP contribution < -0.4 is 0 Å². The molecule has 0 N–H and O–H groups in total. The highest BCUT2D eigenvalue weighted by Gasteiger charge is 2.48. The normalized spacial score (nSPS) is 23.2. The molecule has 0 atom stereocenters. The van der Waals surface area contributed by atoms with Gasteiger partial charge in [-0.1, -0.05) is 6.58 Å². The molecule has 21 heavy (non-hydrogen) atoms. The summed E-state index contributed by atoms with van der Waals surface area (Å²) in [4.78, 5) is 2.44. The largest absolute Gasteiger partial charge is 0.529 e. The summed E-state index contributed by atoms with van der Waals surface area (Å²) in [7, 11) is -0.565. The number of rotatable bonds is 7. The van der Waals surface area contributed by atoms with E-state index in [1.165, 1.54) is 0 Å². The van der Waals surface area contributed by atoms with Crippen LogP contribution in [0.1, 0.15) is 54.4 Å². The second kappa shape index (κ2) is 6.92. The minimum Gasteiger partial charge on any atom is -0.371 e. The van der Waals surface area contributed by atoms with Crippen molar-refractivity contribution in [2.45, 2.75) is 71.6 Å². The maximum absolute atomic E-state index is 6.38. The van der Waals surface area contributed by atoms with Gasteiger partial charge in [0.1, 0.15) is 0 Å². The van der Waals surface area contributed by atoms with Crippen molar-refractivity contribution in [3.8, 4) is 0 Å². The van der Waals surface area contributed by atoms with Crippen LogP contribution in [0, 0.1) is 0 Å². The van der Waals surface area contributed by atoms with E-state index in [9.17, 15) is 0 Å². The standard InChI is InChI=1S/C16H33NO3Si/c1-9-18-21(11-3,19-10-2)20-14-12-15(4,5)17(8)16(6,7)13-14/h11,14H,3,9-10,12-13H2,1-2,4-8H3. The molecule has 1 heterocycles. The van der Waals surface area contributed by atoms with Gasteiger partial charge < -0.3 is 13.3 Å². The molecule has 0 aromatic heterocycles. The molecule has 124 valence electrons. The summed E-state index contributed by atoms with van der Waals surface area (Å²) in [5.74, 6) is 0. The van der Waals surface area contributed by atoms with Crippen LogP contribution in [0.4, 0.5) is 0 Å². The lowest BCUT2D eigenvalue weighted by Gasteiger charge is -2.54. The van der Waals surface area contributed by atoms with Crippen molar-refractivity contribution >= 4 is 8.80 Å². The van der Waals surface area contributed by atoms with Gasteiger partial charge in [0.05, 0.1) is 6.10 Å². The van der Waals surface area contributed by atoms with Crippen molar-refractivity contribution in [3.05, 3.63) is 12.3 Å². The Labute approximate surface area is 131 Å². The molecule has 1 aliphatic rings.